The number of anilines is 1. The van der Waals surface area contributed by atoms with Crippen LogP contribution in [0.1, 0.15) is 50.1 Å². The molecular weight excluding hydrogens is 536 g/mol. The first-order chi connectivity index (χ1) is 21.0. The van der Waals surface area contributed by atoms with Crippen LogP contribution in [0, 0.1) is 18.8 Å². The lowest BCUT2D eigenvalue weighted by atomic mass is 9.85. The lowest BCUT2D eigenvalue weighted by Crippen LogP contribution is -2.41. The first kappa shape index (κ1) is 27.5. The van der Waals surface area contributed by atoms with Gasteiger partial charge in [-0.05, 0) is 76.1 Å². The molecule has 0 bridgehead atoms. The average molecular weight is 575 g/mol. The summed E-state index contributed by atoms with van der Waals surface area (Å²) in [5.74, 6) is 0.985. The Morgan fingerprint density at radius 3 is 2.42 bits per heavy atom. The van der Waals surface area contributed by atoms with Crippen LogP contribution in [0.5, 0.6) is 0 Å². The summed E-state index contributed by atoms with van der Waals surface area (Å²) in [6.07, 6.45) is 7.67. The first-order valence-corrected chi connectivity index (χ1v) is 15.4. The Kier molecular flexibility index (Phi) is 7.26. The monoisotopic (exact) mass is 574 g/mol. The molecule has 9 heteroatoms. The summed E-state index contributed by atoms with van der Waals surface area (Å²) in [7, 11) is 0. The minimum Gasteiger partial charge on any atom is -0.383 e. The molecule has 220 valence electrons. The largest absolute Gasteiger partial charge is 0.383 e. The molecule has 5 aromatic rings. The third kappa shape index (κ3) is 5.22. The Morgan fingerprint density at radius 1 is 0.930 bits per heavy atom. The maximum atomic E-state index is 11.5. The summed E-state index contributed by atoms with van der Waals surface area (Å²) in [5.41, 5.74) is 18.7. The number of hydrogen-bond acceptors (Lipinski definition) is 7. The summed E-state index contributed by atoms with van der Waals surface area (Å²) in [6.45, 7) is 5.13. The van der Waals surface area contributed by atoms with E-state index in [9.17, 15) is 4.79 Å². The molecule has 1 saturated heterocycles. The molecule has 0 radical (unpaired) electrons. The van der Waals surface area contributed by atoms with E-state index in [4.69, 9.17) is 26.5 Å². The van der Waals surface area contributed by atoms with Gasteiger partial charge in [-0.1, -0.05) is 48.5 Å². The fraction of sp³-hybridized carbons (Fsp3) is 0.382. The number of nitrogen functional groups attached to an aromatic ring is 1. The van der Waals surface area contributed by atoms with Crippen molar-refractivity contribution in [2.45, 2.75) is 51.5 Å². The number of carbonyl (C=O) groups excluding carboxylic acids is 1. The van der Waals surface area contributed by atoms with Crippen molar-refractivity contribution in [1.29, 1.82) is 0 Å². The molecule has 1 aliphatic carbocycles. The second-order valence-electron chi connectivity index (χ2n) is 12.3. The second-order valence-corrected chi connectivity index (χ2v) is 12.3. The van der Waals surface area contributed by atoms with Crippen molar-refractivity contribution in [3.05, 3.63) is 66.5 Å². The Hall–Kier alpha value is -4.37. The number of aryl methyl sites for hydroxylation is 1. The molecule has 43 heavy (non-hydrogen) atoms. The molecule has 4 heterocycles. The van der Waals surface area contributed by atoms with Gasteiger partial charge in [0.2, 0.25) is 5.91 Å². The van der Waals surface area contributed by atoms with Crippen molar-refractivity contribution in [3.8, 4) is 22.5 Å². The van der Waals surface area contributed by atoms with E-state index in [0.717, 1.165) is 108 Å². The van der Waals surface area contributed by atoms with Gasteiger partial charge in [-0.3, -0.25) is 4.79 Å². The molecule has 0 spiro atoms. The van der Waals surface area contributed by atoms with Crippen LogP contribution in [0.25, 0.3) is 44.5 Å². The minimum atomic E-state index is -0.150. The number of rotatable bonds is 6. The normalized spacial score (nSPS) is 20.1. The number of amides is 1. The summed E-state index contributed by atoms with van der Waals surface area (Å²) in [6, 6.07) is 19.0. The van der Waals surface area contributed by atoms with Crippen LogP contribution >= 0.6 is 0 Å². The van der Waals surface area contributed by atoms with Crippen molar-refractivity contribution in [3.63, 3.8) is 0 Å². The van der Waals surface area contributed by atoms with Crippen molar-refractivity contribution in [2.24, 2.45) is 17.6 Å². The number of piperidine rings is 1. The standard InChI is InChI=1S/C34H38N8O/c1-21-27(13-9-24-10-14-28(39-30(21)24)23-5-3-2-4-6-23)31-29-32(35)37-20-38-34(29)42(40-31)26-11-7-22(8-12-26)19-41-17-15-25(16-18-41)33(36)43/h2-6,9-10,13-14,20,22,25-26H,7-8,11-12,15-19H2,1H3,(H2,36,43)(H2,35,37,38). The number of fused-ring (bicyclic) bond motifs is 2. The highest BCUT2D eigenvalue weighted by atomic mass is 16.1. The number of nitrogens with two attached hydrogens (primary N) is 2. The molecule has 2 fully saturated rings. The molecule has 1 aliphatic heterocycles. The molecule has 3 aromatic heterocycles. The molecule has 1 saturated carbocycles. The van der Waals surface area contributed by atoms with E-state index in [1.54, 1.807) is 6.33 Å². The zero-order chi connectivity index (χ0) is 29.5. The predicted octanol–water partition coefficient (Wildman–Crippen LogP) is 5.53. The van der Waals surface area contributed by atoms with Crippen molar-refractivity contribution >= 4 is 33.7 Å². The fourth-order valence-electron chi connectivity index (χ4n) is 7.13. The second kappa shape index (κ2) is 11.4. The van der Waals surface area contributed by atoms with Gasteiger partial charge in [0.05, 0.1) is 22.6 Å². The highest BCUT2D eigenvalue weighted by molar-refractivity contribution is 6.01. The molecule has 2 aromatic carbocycles. The molecule has 2 aliphatic rings. The highest BCUT2D eigenvalue weighted by Gasteiger charge is 2.30. The highest BCUT2D eigenvalue weighted by Crippen LogP contribution is 2.39. The van der Waals surface area contributed by atoms with Crippen LogP contribution in [0.15, 0.2) is 60.9 Å². The Labute approximate surface area is 251 Å². The lowest BCUT2D eigenvalue weighted by Gasteiger charge is -2.36. The number of likely N-dealkylation sites (tertiary alicyclic amines) is 1. The Balaban J connectivity index is 1.16. The van der Waals surface area contributed by atoms with Gasteiger partial charge in [0.1, 0.15) is 17.8 Å². The van der Waals surface area contributed by atoms with Crippen molar-refractivity contribution in [1.82, 2.24) is 29.6 Å². The summed E-state index contributed by atoms with van der Waals surface area (Å²) in [4.78, 5) is 28.2. The van der Waals surface area contributed by atoms with Gasteiger partial charge in [-0.2, -0.15) is 5.10 Å². The quantitative estimate of drug-likeness (QED) is 0.273. The van der Waals surface area contributed by atoms with E-state index in [0.29, 0.717) is 11.7 Å². The van der Waals surface area contributed by atoms with Crippen LogP contribution < -0.4 is 11.5 Å². The smallest absolute Gasteiger partial charge is 0.220 e. The SMILES string of the molecule is Cc1c(-c2nn(C3CCC(CN4CCC(C(N)=O)CC4)CC3)c3ncnc(N)c23)ccc2ccc(-c3ccccc3)nc12. The average Bonchev–Trinajstić information content (AvgIpc) is 3.43. The topological polar surface area (TPSA) is 129 Å². The Bertz CT molecular complexity index is 1780. The van der Waals surface area contributed by atoms with Gasteiger partial charge in [-0.15, -0.1) is 0 Å². The minimum absolute atomic E-state index is 0.0386. The van der Waals surface area contributed by atoms with Crippen LogP contribution in [0.2, 0.25) is 0 Å². The number of hydrogen-bond donors (Lipinski definition) is 2. The number of nitrogens with zero attached hydrogens (tertiary/aromatic N) is 6. The number of pyridine rings is 1. The van der Waals surface area contributed by atoms with Gasteiger partial charge in [0.25, 0.3) is 0 Å². The van der Waals surface area contributed by atoms with Crippen LogP contribution in [-0.4, -0.2) is 55.2 Å². The summed E-state index contributed by atoms with van der Waals surface area (Å²) in [5, 5.41) is 7.11. The lowest BCUT2D eigenvalue weighted by molar-refractivity contribution is -0.123. The van der Waals surface area contributed by atoms with Gasteiger partial charge in [-0.25, -0.2) is 19.6 Å². The van der Waals surface area contributed by atoms with Gasteiger partial charge in [0.15, 0.2) is 5.65 Å². The maximum absolute atomic E-state index is 11.5. The van der Waals surface area contributed by atoms with Gasteiger partial charge in [0, 0.05) is 29.0 Å². The van der Waals surface area contributed by atoms with Crippen LogP contribution in [0.4, 0.5) is 5.82 Å². The van der Waals surface area contributed by atoms with Gasteiger partial charge < -0.3 is 16.4 Å². The van der Waals surface area contributed by atoms with E-state index in [1.807, 2.05) is 18.2 Å². The van der Waals surface area contributed by atoms with E-state index >= 15 is 0 Å². The van der Waals surface area contributed by atoms with Gasteiger partial charge >= 0.3 is 0 Å². The van der Waals surface area contributed by atoms with Crippen LogP contribution in [-0.2, 0) is 4.79 Å². The first-order valence-electron chi connectivity index (χ1n) is 15.4. The number of primary amides is 1. The molecule has 0 atom stereocenters. The van der Waals surface area contributed by atoms with E-state index in [-0.39, 0.29) is 17.9 Å². The molecular formula is C34H38N8O. The predicted molar refractivity (Wildman–Crippen MR) is 170 cm³/mol. The van der Waals surface area contributed by atoms with E-state index in [1.165, 1.54) is 0 Å². The fourth-order valence-corrected chi connectivity index (χ4v) is 7.13. The summed E-state index contributed by atoms with van der Waals surface area (Å²) >= 11 is 0. The molecule has 0 unspecified atom stereocenters. The molecule has 4 N–H and O–H groups in total. The number of aromatic nitrogens is 5. The van der Waals surface area contributed by atoms with Crippen molar-refractivity contribution in [2.75, 3.05) is 25.4 Å². The molecule has 9 nitrogen and oxygen atoms in total. The molecule has 7 rings (SSSR count). The summed E-state index contributed by atoms with van der Waals surface area (Å²) < 4.78 is 2.11. The van der Waals surface area contributed by atoms with E-state index in [2.05, 4.69) is 57.9 Å². The number of carbonyl (C=O) groups is 1. The third-order valence-corrected chi connectivity index (χ3v) is 9.63. The number of benzene rings is 2. The molecule has 1 amide bonds. The van der Waals surface area contributed by atoms with Crippen LogP contribution in [0.3, 0.4) is 0 Å². The Morgan fingerprint density at radius 2 is 1.67 bits per heavy atom. The zero-order valence-corrected chi connectivity index (χ0v) is 24.6. The van der Waals surface area contributed by atoms with Crippen molar-refractivity contribution < 1.29 is 4.79 Å². The third-order valence-electron chi connectivity index (χ3n) is 9.63. The van der Waals surface area contributed by atoms with E-state index < -0.39 is 0 Å². The maximum Gasteiger partial charge on any atom is 0.220 e. The zero-order valence-electron chi connectivity index (χ0n) is 24.6.